The van der Waals surface area contributed by atoms with Crippen molar-refractivity contribution in [1.82, 2.24) is 0 Å². The fraction of sp³-hybridized carbons (Fsp3) is 0.333. The Morgan fingerprint density at radius 1 is 1.60 bits per heavy atom. The molecule has 0 fully saturated rings. The van der Waals surface area contributed by atoms with Crippen LogP contribution in [0.3, 0.4) is 0 Å². The fourth-order valence-corrected chi connectivity index (χ4v) is 1.35. The zero-order valence-electron chi connectivity index (χ0n) is 8.27. The molecule has 0 atom stereocenters. The molecule has 0 heterocycles. The van der Waals surface area contributed by atoms with Crippen LogP contribution in [-0.4, -0.2) is 23.7 Å². The molecule has 0 aromatic heterocycles. The predicted octanol–water partition coefficient (Wildman–Crippen LogP) is 0.720. The minimum atomic E-state index is -0.560. The first-order valence-electron chi connectivity index (χ1n) is 4.32. The van der Waals surface area contributed by atoms with E-state index in [1.807, 2.05) is 0 Å². The lowest BCUT2D eigenvalue weighted by atomic mass is 10.1. The summed E-state index contributed by atoms with van der Waals surface area (Å²) in [4.78, 5) is 10.0. The second-order valence-electron chi connectivity index (χ2n) is 2.91. The number of nitro benzene ring substituents is 1. The molecule has 0 aliphatic rings. The quantitative estimate of drug-likeness (QED) is 0.435. The largest absolute Gasteiger partial charge is 0.496 e. The molecule has 1 aromatic rings. The van der Waals surface area contributed by atoms with Crippen molar-refractivity contribution in [3.05, 3.63) is 27.8 Å². The van der Waals surface area contributed by atoms with Gasteiger partial charge in [-0.3, -0.25) is 10.1 Å². The second-order valence-corrected chi connectivity index (χ2v) is 2.91. The molecule has 1 rings (SSSR count). The third-order valence-corrected chi connectivity index (χ3v) is 2.07. The van der Waals surface area contributed by atoms with Gasteiger partial charge in [-0.2, -0.15) is 0 Å². The zero-order valence-corrected chi connectivity index (χ0v) is 8.27. The Labute approximate surface area is 86.4 Å². The average Bonchev–Trinajstić information content (AvgIpc) is 2.20. The summed E-state index contributed by atoms with van der Waals surface area (Å²) in [5.41, 5.74) is 5.96. The third-order valence-electron chi connectivity index (χ3n) is 2.07. The molecule has 0 saturated carbocycles. The first kappa shape index (κ1) is 11.3. The lowest BCUT2D eigenvalue weighted by Gasteiger charge is -2.10. The fourth-order valence-electron chi connectivity index (χ4n) is 1.35. The number of rotatable bonds is 4. The van der Waals surface area contributed by atoms with Gasteiger partial charge in [-0.1, -0.05) is 0 Å². The number of hydrogen-bond acceptors (Lipinski definition) is 5. The summed E-state index contributed by atoms with van der Waals surface area (Å²) in [5.74, 6) is 0.451. The SMILES string of the molecule is COc1ccc([N+](=O)[O-])c(N)c1CCO. The van der Waals surface area contributed by atoms with Crippen LogP contribution in [0.15, 0.2) is 12.1 Å². The number of aliphatic hydroxyl groups is 1. The number of anilines is 1. The van der Waals surface area contributed by atoms with Crippen LogP contribution in [0.1, 0.15) is 5.56 Å². The summed E-state index contributed by atoms with van der Waals surface area (Å²) in [7, 11) is 1.45. The van der Waals surface area contributed by atoms with Crippen molar-refractivity contribution >= 4 is 11.4 Å². The third kappa shape index (κ3) is 2.16. The van der Waals surface area contributed by atoms with E-state index >= 15 is 0 Å². The van der Waals surface area contributed by atoms with Gasteiger partial charge in [0.15, 0.2) is 0 Å². The molecule has 0 unspecified atom stereocenters. The molecule has 15 heavy (non-hydrogen) atoms. The maximum absolute atomic E-state index is 10.6. The van der Waals surface area contributed by atoms with Crippen molar-refractivity contribution in [2.45, 2.75) is 6.42 Å². The molecule has 0 spiro atoms. The molecule has 0 aliphatic carbocycles. The van der Waals surface area contributed by atoms with Crippen molar-refractivity contribution in [1.29, 1.82) is 0 Å². The van der Waals surface area contributed by atoms with Crippen molar-refractivity contribution in [3.63, 3.8) is 0 Å². The minimum Gasteiger partial charge on any atom is -0.496 e. The van der Waals surface area contributed by atoms with Crippen molar-refractivity contribution in [3.8, 4) is 5.75 Å². The molecule has 1 aromatic carbocycles. The summed E-state index contributed by atoms with van der Waals surface area (Å²) in [6.07, 6.45) is 0.233. The monoisotopic (exact) mass is 212 g/mol. The van der Waals surface area contributed by atoms with Crippen molar-refractivity contribution < 1.29 is 14.8 Å². The predicted molar refractivity (Wildman–Crippen MR) is 54.9 cm³/mol. The van der Waals surface area contributed by atoms with Crippen LogP contribution in [0.25, 0.3) is 0 Å². The van der Waals surface area contributed by atoms with E-state index in [1.54, 1.807) is 0 Å². The van der Waals surface area contributed by atoms with Crippen molar-refractivity contribution in [2.24, 2.45) is 0 Å². The van der Waals surface area contributed by atoms with E-state index in [1.165, 1.54) is 19.2 Å². The average molecular weight is 212 g/mol. The van der Waals surface area contributed by atoms with E-state index in [9.17, 15) is 10.1 Å². The highest BCUT2D eigenvalue weighted by molar-refractivity contribution is 5.67. The molecular formula is C9H12N2O4. The minimum absolute atomic E-state index is 0.0494. The summed E-state index contributed by atoms with van der Waals surface area (Å²) < 4.78 is 5.00. The summed E-state index contributed by atoms with van der Waals surface area (Å²) in [5, 5.41) is 19.4. The topological polar surface area (TPSA) is 98.6 Å². The van der Waals surface area contributed by atoms with Gasteiger partial charge in [0.2, 0.25) is 0 Å². The summed E-state index contributed by atoms with van der Waals surface area (Å²) in [6, 6.07) is 2.76. The van der Waals surface area contributed by atoms with Gasteiger partial charge in [-0.05, 0) is 6.07 Å². The van der Waals surface area contributed by atoms with Crippen molar-refractivity contribution in [2.75, 3.05) is 19.5 Å². The number of nitrogen functional groups attached to an aromatic ring is 1. The van der Waals surface area contributed by atoms with E-state index < -0.39 is 4.92 Å². The molecule has 6 heteroatoms. The number of methoxy groups -OCH3 is 1. The van der Waals surface area contributed by atoms with Gasteiger partial charge in [-0.15, -0.1) is 0 Å². The number of nitrogens with two attached hydrogens (primary N) is 1. The Bertz CT molecular complexity index is 379. The van der Waals surface area contributed by atoms with Gasteiger partial charge in [0.25, 0.3) is 5.69 Å². The van der Waals surface area contributed by atoms with Gasteiger partial charge in [-0.25, -0.2) is 0 Å². The lowest BCUT2D eigenvalue weighted by Crippen LogP contribution is -2.04. The van der Waals surface area contributed by atoms with E-state index in [2.05, 4.69) is 0 Å². The maximum atomic E-state index is 10.6. The number of benzene rings is 1. The molecule has 82 valence electrons. The maximum Gasteiger partial charge on any atom is 0.292 e. The van der Waals surface area contributed by atoms with Crippen LogP contribution in [0.4, 0.5) is 11.4 Å². The van der Waals surface area contributed by atoms with Crippen LogP contribution >= 0.6 is 0 Å². The first-order valence-corrected chi connectivity index (χ1v) is 4.32. The highest BCUT2D eigenvalue weighted by atomic mass is 16.6. The van der Waals surface area contributed by atoms with E-state index in [4.69, 9.17) is 15.6 Å². The Kier molecular flexibility index (Phi) is 3.46. The number of nitrogens with zero attached hydrogens (tertiary/aromatic N) is 1. The zero-order chi connectivity index (χ0) is 11.4. The molecule has 0 aliphatic heterocycles. The second kappa shape index (κ2) is 4.61. The van der Waals surface area contributed by atoms with Crippen LogP contribution < -0.4 is 10.5 Å². The Hall–Kier alpha value is -1.82. The first-order chi connectivity index (χ1) is 7.11. The molecular weight excluding hydrogens is 200 g/mol. The summed E-state index contributed by atoms with van der Waals surface area (Å²) in [6.45, 7) is -0.137. The number of aliphatic hydroxyl groups excluding tert-OH is 1. The van der Waals surface area contributed by atoms with Crippen LogP contribution in [-0.2, 0) is 6.42 Å². The molecule has 0 saturated heterocycles. The Morgan fingerprint density at radius 3 is 2.73 bits per heavy atom. The van der Waals surface area contributed by atoms with Gasteiger partial charge >= 0.3 is 0 Å². The summed E-state index contributed by atoms with van der Waals surface area (Å²) >= 11 is 0. The number of hydrogen-bond donors (Lipinski definition) is 2. The Morgan fingerprint density at radius 2 is 2.27 bits per heavy atom. The molecule has 0 amide bonds. The highest BCUT2D eigenvalue weighted by Gasteiger charge is 2.18. The van der Waals surface area contributed by atoms with E-state index in [0.29, 0.717) is 11.3 Å². The number of nitro groups is 1. The molecule has 0 radical (unpaired) electrons. The standard InChI is InChI=1S/C9H12N2O4/c1-15-8-3-2-7(11(13)14)9(10)6(8)4-5-12/h2-3,12H,4-5,10H2,1H3. The van der Waals surface area contributed by atoms with E-state index in [0.717, 1.165) is 0 Å². The van der Waals surface area contributed by atoms with Gasteiger partial charge < -0.3 is 15.6 Å². The normalized spacial score (nSPS) is 10.0. The van der Waals surface area contributed by atoms with Crippen LogP contribution in [0, 0.1) is 10.1 Å². The van der Waals surface area contributed by atoms with Gasteiger partial charge in [0.05, 0.1) is 12.0 Å². The highest BCUT2D eigenvalue weighted by Crippen LogP contribution is 2.32. The molecule has 6 nitrogen and oxygen atoms in total. The molecule has 0 bridgehead atoms. The van der Waals surface area contributed by atoms with E-state index in [-0.39, 0.29) is 24.4 Å². The Balaban J connectivity index is 3.28. The lowest BCUT2D eigenvalue weighted by molar-refractivity contribution is -0.384. The van der Waals surface area contributed by atoms with Gasteiger partial charge in [0.1, 0.15) is 11.4 Å². The molecule has 3 N–H and O–H groups in total. The van der Waals surface area contributed by atoms with Crippen LogP contribution in [0.2, 0.25) is 0 Å². The smallest absolute Gasteiger partial charge is 0.292 e. The number of ether oxygens (including phenoxy) is 1. The van der Waals surface area contributed by atoms with Crippen LogP contribution in [0.5, 0.6) is 5.75 Å². The van der Waals surface area contributed by atoms with Gasteiger partial charge in [0, 0.05) is 24.7 Å².